The Morgan fingerprint density at radius 1 is 1.17 bits per heavy atom. The lowest BCUT2D eigenvalue weighted by molar-refractivity contribution is -0.384. The first kappa shape index (κ1) is 20.3. The van der Waals surface area contributed by atoms with Gasteiger partial charge in [0.1, 0.15) is 5.75 Å². The third-order valence-electron chi connectivity index (χ3n) is 4.40. The number of hydrogen-bond acceptors (Lipinski definition) is 6. The molecule has 1 aliphatic rings. The van der Waals surface area contributed by atoms with Gasteiger partial charge in [-0.15, -0.1) is 0 Å². The number of benzene rings is 2. The number of amides is 2. The second-order valence-corrected chi connectivity index (χ2v) is 6.49. The Kier molecular flexibility index (Phi) is 6.40. The normalized spacial score (nSPS) is 14.7. The zero-order valence-corrected chi connectivity index (χ0v) is 15.9. The molecule has 29 heavy (non-hydrogen) atoms. The van der Waals surface area contributed by atoms with Gasteiger partial charge in [0, 0.05) is 36.5 Å². The van der Waals surface area contributed by atoms with Crippen molar-refractivity contribution < 1.29 is 24.0 Å². The molecule has 1 fully saturated rings. The van der Waals surface area contributed by atoms with Crippen molar-refractivity contribution in [2.24, 2.45) is 0 Å². The average molecular weight is 399 g/mol. The van der Waals surface area contributed by atoms with Crippen LogP contribution in [0.5, 0.6) is 5.75 Å². The van der Waals surface area contributed by atoms with Gasteiger partial charge >= 0.3 is 0 Å². The molecule has 2 amide bonds. The zero-order valence-electron chi connectivity index (χ0n) is 15.9. The minimum absolute atomic E-state index is 0.0591. The van der Waals surface area contributed by atoms with Crippen molar-refractivity contribution in [2.45, 2.75) is 13.0 Å². The number of nitro benzene ring substituents is 1. The second-order valence-electron chi connectivity index (χ2n) is 6.49. The van der Waals surface area contributed by atoms with Crippen molar-refractivity contribution in [3.8, 4) is 5.75 Å². The quantitative estimate of drug-likeness (QED) is 0.590. The van der Waals surface area contributed by atoms with E-state index in [1.165, 1.54) is 24.3 Å². The SMILES string of the molecule is CC(Oc1ccc([N+](=O)[O-])cc1)C(=O)Nc1cccc(C(=O)N2CCOCC2)c1. The lowest BCUT2D eigenvalue weighted by Gasteiger charge is -2.27. The molecule has 0 bridgehead atoms. The van der Waals surface area contributed by atoms with Gasteiger partial charge in [-0.1, -0.05) is 6.07 Å². The first-order valence-electron chi connectivity index (χ1n) is 9.13. The monoisotopic (exact) mass is 399 g/mol. The maximum Gasteiger partial charge on any atom is 0.269 e. The summed E-state index contributed by atoms with van der Waals surface area (Å²) in [6.07, 6.45) is -0.838. The molecule has 0 saturated carbocycles. The van der Waals surface area contributed by atoms with Gasteiger partial charge in [0.15, 0.2) is 6.10 Å². The van der Waals surface area contributed by atoms with E-state index in [0.29, 0.717) is 43.3 Å². The van der Waals surface area contributed by atoms with Crippen molar-refractivity contribution in [3.63, 3.8) is 0 Å². The summed E-state index contributed by atoms with van der Waals surface area (Å²) in [6.45, 7) is 3.67. The molecule has 1 atom stereocenters. The number of anilines is 1. The zero-order chi connectivity index (χ0) is 20.8. The van der Waals surface area contributed by atoms with Crippen molar-refractivity contribution in [2.75, 3.05) is 31.6 Å². The maximum absolute atomic E-state index is 12.6. The molecule has 0 radical (unpaired) electrons. The first-order chi connectivity index (χ1) is 13.9. The van der Waals surface area contributed by atoms with Crippen LogP contribution < -0.4 is 10.1 Å². The Labute approximate surface area is 167 Å². The number of hydrogen-bond donors (Lipinski definition) is 1. The fraction of sp³-hybridized carbons (Fsp3) is 0.300. The number of rotatable bonds is 6. The molecular formula is C20H21N3O6. The molecule has 2 aromatic carbocycles. The summed E-state index contributed by atoms with van der Waals surface area (Å²) in [6, 6.07) is 12.2. The fourth-order valence-electron chi connectivity index (χ4n) is 2.83. The van der Waals surface area contributed by atoms with Gasteiger partial charge in [0.2, 0.25) is 0 Å². The topological polar surface area (TPSA) is 111 Å². The molecule has 9 heteroatoms. The smallest absolute Gasteiger partial charge is 0.269 e. The van der Waals surface area contributed by atoms with Gasteiger partial charge in [0.25, 0.3) is 17.5 Å². The number of nitro groups is 1. The van der Waals surface area contributed by atoms with E-state index in [-0.39, 0.29) is 11.6 Å². The van der Waals surface area contributed by atoms with Crippen molar-refractivity contribution in [1.29, 1.82) is 0 Å². The highest BCUT2D eigenvalue weighted by Gasteiger charge is 2.20. The van der Waals surface area contributed by atoms with E-state index in [1.54, 1.807) is 36.1 Å². The first-order valence-corrected chi connectivity index (χ1v) is 9.13. The molecule has 152 valence electrons. The Hall–Kier alpha value is -3.46. The predicted octanol–water partition coefficient (Wildman–Crippen LogP) is 2.47. The van der Waals surface area contributed by atoms with Gasteiger partial charge in [-0.05, 0) is 37.3 Å². The van der Waals surface area contributed by atoms with Gasteiger partial charge in [0.05, 0.1) is 18.1 Å². The van der Waals surface area contributed by atoms with E-state index in [9.17, 15) is 19.7 Å². The number of nitrogens with zero attached hydrogens (tertiary/aromatic N) is 2. The highest BCUT2D eigenvalue weighted by molar-refractivity contribution is 5.98. The van der Waals surface area contributed by atoms with Crippen LogP contribution in [0, 0.1) is 10.1 Å². The predicted molar refractivity (Wildman–Crippen MR) is 105 cm³/mol. The number of carbonyl (C=O) groups is 2. The molecule has 0 aromatic heterocycles. The Morgan fingerprint density at radius 2 is 1.86 bits per heavy atom. The number of ether oxygens (including phenoxy) is 2. The summed E-state index contributed by atoms with van der Waals surface area (Å²) >= 11 is 0. The summed E-state index contributed by atoms with van der Waals surface area (Å²) in [7, 11) is 0. The molecule has 1 saturated heterocycles. The number of carbonyl (C=O) groups excluding carboxylic acids is 2. The lowest BCUT2D eigenvalue weighted by Crippen LogP contribution is -2.40. The van der Waals surface area contributed by atoms with Crippen LogP contribution in [-0.4, -0.2) is 54.0 Å². The lowest BCUT2D eigenvalue weighted by atomic mass is 10.1. The van der Waals surface area contributed by atoms with E-state index < -0.39 is 16.9 Å². The molecule has 2 aromatic rings. The average Bonchev–Trinajstić information content (AvgIpc) is 2.74. The minimum atomic E-state index is -0.838. The van der Waals surface area contributed by atoms with Crippen LogP contribution >= 0.6 is 0 Å². The van der Waals surface area contributed by atoms with E-state index in [1.807, 2.05) is 0 Å². The maximum atomic E-state index is 12.6. The van der Waals surface area contributed by atoms with Crippen molar-refractivity contribution in [3.05, 3.63) is 64.2 Å². The van der Waals surface area contributed by atoms with Gasteiger partial charge in [-0.2, -0.15) is 0 Å². The van der Waals surface area contributed by atoms with E-state index in [4.69, 9.17) is 9.47 Å². The fourth-order valence-corrected chi connectivity index (χ4v) is 2.83. The van der Waals surface area contributed by atoms with Crippen molar-refractivity contribution >= 4 is 23.2 Å². The summed E-state index contributed by atoms with van der Waals surface area (Å²) < 4.78 is 10.8. The Morgan fingerprint density at radius 3 is 2.52 bits per heavy atom. The van der Waals surface area contributed by atoms with Crippen LogP contribution in [0.1, 0.15) is 17.3 Å². The van der Waals surface area contributed by atoms with Crippen molar-refractivity contribution in [1.82, 2.24) is 4.90 Å². The van der Waals surface area contributed by atoms with Crippen LogP contribution in [0.15, 0.2) is 48.5 Å². The number of non-ortho nitro benzene ring substituents is 1. The molecule has 1 unspecified atom stereocenters. The Balaban J connectivity index is 1.60. The summed E-state index contributed by atoms with van der Waals surface area (Å²) in [5.41, 5.74) is 0.901. The standard InChI is InChI=1S/C20H21N3O6/c1-14(29-18-7-5-17(6-8-18)23(26)27)19(24)21-16-4-2-3-15(13-16)20(25)22-9-11-28-12-10-22/h2-8,13-14H,9-12H2,1H3,(H,21,24). The van der Waals surface area contributed by atoms with Gasteiger partial charge in [-0.25, -0.2) is 0 Å². The molecule has 3 rings (SSSR count). The highest BCUT2D eigenvalue weighted by atomic mass is 16.6. The molecule has 9 nitrogen and oxygen atoms in total. The molecule has 0 aliphatic carbocycles. The van der Waals surface area contributed by atoms with Crippen LogP contribution in [0.25, 0.3) is 0 Å². The van der Waals surface area contributed by atoms with E-state index in [2.05, 4.69) is 5.32 Å². The largest absolute Gasteiger partial charge is 0.481 e. The third kappa shape index (κ3) is 5.29. The summed E-state index contributed by atoms with van der Waals surface area (Å²) in [4.78, 5) is 36.9. The van der Waals surface area contributed by atoms with Crippen LogP contribution in [-0.2, 0) is 9.53 Å². The summed E-state index contributed by atoms with van der Waals surface area (Å²) in [5, 5.41) is 13.4. The van der Waals surface area contributed by atoms with Crippen LogP contribution in [0.4, 0.5) is 11.4 Å². The second kappa shape index (κ2) is 9.16. The van der Waals surface area contributed by atoms with Gasteiger partial charge < -0.3 is 19.7 Å². The highest BCUT2D eigenvalue weighted by Crippen LogP contribution is 2.19. The molecule has 1 N–H and O–H groups in total. The van der Waals surface area contributed by atoms with E-state index >= 15 is 0 Å². The molecule has 0 spiro atoms. The van der Waals surface area contributed by atoms with Crippen LogP contribution in [0.2, 0.25) is 0 Å². The molecular weight excluding hydrogens is 378 g/mol. The molecule has 1 heterocycles. The minimum Gasteiger partial charge on any atom is -0.481 e. The van der Waals surface area contributed by atoms with Crippen LogP contribution in [0.3, 0.4) is 0 Å². The number of nitrogens with one attached hydrogen (secondary N) is 1. The van der Waals surface area contributed by atoms with Gasteiger partial charge in [-0.3, -0.25) is 19.7 Å². The third-order valence-corrected chi connectivity index (χ3v) is 4.40. The Bertz CT molecular complexity index is 893. The molecule has 1 aliphatic heterocycles. The summed E-state index contributed by atoms with van der Waals surface area (Å²) in [5.74, 6) is -0.173. The number of morpholine rings is 1. The van der Waals surface area contributed by atoms with E-state index in [0.717, 1.165) is 0 Å².